The lowest BCUT2D eigenvalue weighted by atomic mass is 9.90. The predicted molar refractivity (Wildman–Crippen MR) is 123 cm³/mol. The molecular formula is C22H32IN3O2. The number of fused-ring (bicyclic) bond motifs is 1. The van der Waals surface area contributed by atoms with E-state index in [1.165, 1.54) is 36.8 Å². The Balaban J connectivity index is 1.44. The van der Waals surface area contributed by atoms with Gasteiger partial charge in [-0.1, -0.05) is 22.6 Å². The maximum absolute atomic E-state index is 12.7. The normalized spacial score (nSPS) is 24.8. The van der Waals surface area contributed by atoms with Crippen LogP contribution in [-0.4, -0.2) is 46.3 Å². The number of nitrogens with zero attached hydrogens (tertiary/aromatic N) is 2. The quantitative estimate of drug-likeness (QED) is 0.487. The van der Waals surface area contributed by atoms with Gasteiger partial charge in [-0.15, -0.1) is 0 Å². The highest BCUT2D eigenvalue weighted by atomic mass is 127. The predicted octanol–water partition coefficient (Wildman–Crippen LogP) is 4.56. The van der Waals surface area contributed by atoms with Crippen molar-refractivity contribution in [2.24, 2.45) is 0 Å². The van der Waals surface area contributed by atoms with E-state index in [9.17, 15) is 4.79 Å². The van der Waals surface area contributed by atoms with Crippen molar-refractivity contribution in [3.63, 3.8) is 0 Å². The Bertz CT molecular complexity index is 859. The lowest BCUT2D eigenvalue weighted by Crippen LogP contribution is -2.45. The summed E-state index contributed by atoms with van der Waals surface area (Å²) >= 11 is 2.39. The van der Waals surface area contributed by atoms with E-state index >= 15 is 0 Å². The third-order valence-corrected chi connectivity index (χ3v) is 7.57. The van der Waals surface area contributed by atoms with Gasteiger partial charge in [0.05, 0.1) is 17.1 Å². The number of hydrogen-bond donors (Lipinski definition) is 1. The summed E-state index contributed by atoms with van der Waals surface area (Å²) in [6.07, 6.45) is 7.48. The molecule has 4 rings (SSSR count). The Labute approximate surface area is 181 Å². The summed E-state index contributed by atoms with van der Waals surface area (Å²) in [5, 5.41) is 0. The van der Waals surface area contributed by atoms with Crippen LogP contribution in [-0.2, 0) is 9.16 Å². The molecule has 5 nitrogen and oxygen atoms in total. The third-order valence-electron chi connectivity index (χ3n) is 6.74. The first-order valence-corrected chi connectivity index (χ1v) is 12.3. The number of ether oxygens (including phenoxy) is 1. The summed E-state index contributed by atoms with van der Waals surface area (Å²) in [7, 11) is 0. The Morgan fingerprint density at radius 1 is 1.11 bits per heavy atom. The highest BCUT2D eigenvalue weighted by Crippen LogP contribution is 2.31. The summed E-state index contributed by atoms with van der Waals surface area (Å²) in [6, 6.07) is 5.36. The Morgan fingerprint density at radius 3 is 2.46 bits per heavy atom. The maximum atomic E-state index is 12.7. The molecule has 28 heavy (non-hydrogen) atoms. The number of aromatic nitrogens is 2. The number of likely N-dealkylation sites (tertiary alicyclic amines) is 1. The number of aromatic amines is 1. The standard InChI is InChI=1S/C22H32IN3O2/c1-3-28-19-6-4-17(5-7-19)25-10-8-18(9-11-25)26-21-12-15(2)16(14-23)13-20(21)24-22(26)27/h12-13,17-19H,3-11,14H2,1-2H3,(H,24,27)/t17-,19-. The van der Waals surface area contributed by atoms with Gasteiger partial charge in [-0.2, -0.15) is 0 Å². The Kier molecular flexibility index (Phi) is 6.47. The fourth-order valence-electron chi connectivity index (χ4n) is 5.15. The molecule has 0 radical (unpaired) electrons. The molecular weight excluding hydrogens is 465 g/mol. The number of H-pyrrole nitrogens is 1. The van der Waals surface area contributed by atoms with Crippen molar-refractivity contribution in [2.75, 3.05) is 19.7 Å². The minimum absolute atomic E-state index is 0.0516. The fraction of sp³-hybridized carbons (Fsp3) is 0.682. The largest absolute Gasteiger partial charge is 0.379 e. The van der Waals surface area contributed by atoms with E-state index in [1.807, 2.05) is 4.57 Å². The fourth-order valence-corrected chi connectivity index (χ4v) is 5.97. The van der Waals surface area contributed by atoms with Gasteiger partial charge < -0.3 is 14.6 Å². The zero-order valence-corrected chi connectivity index (χ0v) is 19.2. The topological polar surface area (TPSA) is 50.3 Å². The van der Waals surface area contributed by atoms with E-state index in [1.54, 1.807) is 0 Å². The van der Waals surface area contributed by atoms with E-state index in [2.05, 4.69) is 58.5 Å². The van der Waals surface area contributed by atoms with Gasteiger partial charge in [0.25, 0.3) is 0 Å². The summed E-state index contributed by atoms with van der Waals surface area (Å²) in [6.45, 7) is 7.26. The van der Waals surface area contributed by atoms with Gasteiger partial charge in [0.1, 0.15) is 0 Å². The van der Waals surface area contributed by atoms with Crippen molar-refractivity contribution in [1.29, 1.82) is 0 Å². The molecule has 1 aliphatic carbocycles. The smallest absolute Gasteiger partial charge is 0.326 e. The second-order valence-electron chi connectivity index (χ2n) is 8.38. The maximum Gasteiger partial charge on any atom is 0.326 e. The van der Waals surface area contributed by atoms with Crippen LogP contribution in [0.15, 0.2) is 16.9 Å². The van der Waals surface area contributed by atoms with E-state index in [-0.39, 0.29) is 5.69 Å². The van der Waals surface area contributed by atoms with E-state index in [0.717, 1.165) is 48.0 Å². The molecule has 0 bridgehead atoms. The molecule has 0 atom stereocenters. The van der Waals surface area contributed by atoms with Gasteiger partial charge in [0.2, 0.25) is 0 Å². The molecule has 1 N–H and O–H groups in total. The van der Waals surface area contributed by atoms with Gasteiger partial charge >= 0.3 is 5.69 Å². The molecule has 1 aliphatic heterocycles. The van der Waals surface area contributed by atoms with Gasteiger partial charge in [-0.05, 0) is 75.6 Å². The minimum Gasteiger partial charge on any atom is -0.379 e. The molecule has 154 valence electrons. The molecule has 2 fully saturated rings. The van der Waals surface area contributed by atoms with Crippen molar-refractivity contribution in [1.82, 2.24) is 14.5 Å². The first kappa shape index (κ1) is 20.4. The molecule has 0 amide bonds. The summed E-state index contributed by atoms with van der Waals surface area (Å²) in [5.74, 6) is 0. The monoisotopic (exact) mass is 497 g/mol. The Morgan fingerprint density at radius 2 is 1.82 bits per heavy atom. The molecule has 2 aliphatic rings. The van der Waals surface area contributed by atoms with E-state index in [0.29, 0.717) is 18.2 Å². The average Bonchev–Trinajstić information content (AvgIpc) is 3.03. The summed E-state index contributed by atoms with van der Waals surface area (Å²) in [4.78, 5) is 18.5. The lowest BCUT2D eigenvalue weighted by Gasteiger charge is -2.41. The number of hydrogen-bond acceptors (Lipinski definition) is 3. The zero-order valence-electron chi connectivity index (χ0n) is 17.0. The van der Waals surface area contributed by atoms with Crippen LogP contribution < -0.4 is 5.69 Å². The van der Waals surface area contributed by atoms with Crippen LogP contribution in [0.2, 0.25) is 0 Å². The van der Waals surface area contributed by atoms with Crippen LogP contribution in [0.4, 0.5) is 0 Å². The second kappa shape index (κ2) is 8.88. The molecule has 0 spiro atoms. The second-order valence-corrected chi connectivity index (χ2v) is 9.15. The van der Waals surface area contributed by atoms with Gasteiger partial charge in [-0.3, -0.25) is 4.57 Å². The van der Waals surface area contributed by atoms with Crippen molar-refractivity contribution < 1.29 is 4.74 Å². The average molecular weight is 497 g/mol. The Hall–Kier alpha value is -0.860. The van der Waals surface area contributed by atoms with E-state index in [4.69, 9.17) is 4.74 Å². The van der Waals surface area contributed by atoms with Crippen LogP contribution in [0.5, 0.6) is 0 Å². The zero-order chi connectivity index (χ0) is 19.7. The minimum atomic E-state index is 0.0516. The summed E-state index contributed by atoms with van der Waals surface area (Å²) < 4.78 is 8.80. The van der Waals surface area contributed by atoms with Gasteiger partial charge in [0.15, 0.2) is 0 Å². The molecule has 1 saturated carbocycles. The molecule has 1 saturated heterocycles. The van der Waals surface area contributed by atoms with Crippen molar-refractivity contribution in [3.8, 4) is 0 Å². The van der Waals surface area contributed by atoms with E-state index < -0.39 is 0 Å². The highest BCUT2D eigenvalue weighted by molar-refractivity contribution is 14.1. The van der Waals surface area contributed by atoms with Crippen molar-refractivity contribution in [3.05, 3.63) is 33.7 Å². The van der Waals surface area contributed by atoms with Crippen LogP contribution in [0.1, 0.15) is 62.6 Å². The molecule has 0 unspecified atom stereocenters. The molecule has 1 aromatic carbocycles. The highest BCUT2D eigenvalue weighted by Gasteiger charge is 2.30. The lowest BCUT2D eigenvalue weighted by molar-refractivity contribution is 0.00796. The van der Waals surface area contributed by atoms with Crippen molar-refractivity contribution in [2.45, 2.75) is 75.0 Å². The van der Waals surface area contributed by atoms with Crippen LogP contribution in [0.25, 0.3) is 11.0 Å². The van der Waals surface area contributed by atoms with Crippen LogP contribution in [0, 0.1) is 6.92 Å². The first-order valence-electron chi connectivity index (χ1n) is 10.8. The number of benzene rings is 1. The molecule has 2 aromatic rings. The number of rotatable bonds is 5. The number of alkyl halides is 1. The molecule has 2 heterocycles. The van der Waals surface area contributed by atoms with Crippen LogP contribution >= 0.6 is 22.6 Å². The number of aryl methyl sites for hydroxylation is 1. The number of piperidine rings is 1. The van der Waals surface area contributed by atoms with Gasteiger partial charge in [0, 0.05) is 36.2 Å². The number of halogens is 1. The number of nitrogens with one attached hydrogen (secondary N) is 1. The third kappa shape index (κ3) is 4.05. The molecule has 6 heteroatoms. The SMILES string of the molecule is CCO[C@H]1CC[C@H](N2CCC(n3c(=O)[nH]c4cc(CI)c(C)cc43)CC2)CC1. The number of imidazole rings is 1. The van der Waals surface area contributed by atoms with Gasteiger partial charge in [-0.25, -0.2) is 4.79 Å². The summed E-state index contributed by atoms with van der Waals surface area (Å²) in [5.41, 5.74) is 4.69. The molecule has 1 aromatic heterocycles. The van der Waals surface area contributed by atoms with Crippen LogP contribution in [0.3, 0.4) is 0 Å². The first-order chi connectivity index (χ1) is 13.6. The van der Waals surface area contributed by atoms with Crippen molar-refractivity contribution >= 4 is 33.6 Å².